The Bertz CT molecular complexity index is 1480. The summed E-state index contributed by atoms with van der Waals surface area (Å²) < 4.78 is 6.91. The van der Waals surface area contributed by atoms with Crippen LogP contribution in [0.3, 0.4) is 0 Å². The molecule has 0 spiro atoms. The number of hydrogen-bond acceptors (Lipinski definition) is 6. The predicted octanol–water partition coefficient (Wildman–Crippen LogP) is 5.24. The minimum Gasteiger partial charge on any atom is -0.369 e. The van der Waals surface area contributed by atoms with E-state index >= 15 is 0 Å². The van der Waals surface area contributed by atoms with Gasteiger partial charge < -0.3 is 15.4 Å². The molecule has 8 nitrogen and oxygen atoms in total. The molecule has 1 atom stereocenters. The van der Waals surface area contributed by atoms with Crippen molar-refractivity contribution >= 4 is 29.1 Å². The normalized spacial score (nSPS) is 11.4. The molecule has 1 heterocycles. The van der Waals surface area contributed by atoms with Crippen molar-refractivity contribution in [2.24, 2.45) is 0 Å². The van der Waals surface area contributed by atoms with Gasteiger partial charge >= 0.3 is 0 Å². The number of anilines is 1. The third-order valence-electron chi connectivity index (χ3n) is 6.12. The number of benzene rings is 3. The number of ketones is 1. The fourth-order valence-electron chi connectivity index (χ4n) is 4.08. The van der Waals surface area contributed by atoms with Crippen LogP contribution >= 0.6 is 11.6 Å². The number of ether oxygens (including phenoxy) is 1. The molecular formula is C30H28ClN5O3. The van der Waals surface area contributed by atoms with Crippen molar-refractivity contribution in [1.82, 2.24) is 15.1 Å². The Morgan fingerprint density at radius 1 is 1.03 bits per heavy atom. The molecule has 0 fully saturated rings. The molecule has 3 aromatic carbocycles. The third-order valence-corrected chi connectivity index (χ3v) is 6.37. The number of carbonyl (C=O) groups is 2. The minimum absolute atomic E-state index is 0.0536. The first kappa shape index (κ1) is 27.6. The smallest absolute Gasteiger partial charge is 0.253 e. The highest BCUT2D eigenvalue weighted by atomic mass is 35.5. The molecule has 0 bridgehead atoms. The molecule has 2 N–H and O–H groups in total. The molecule has 0 radical (unpaired) electrons. The van der Waals surface area contributed by atoms with Crippen LogP contribution in [0.1, 0.15) is 45.3 Å². The molecule has 198 valence electrons. The van der Waals surface area contributed by atoms with E-state index in [0.29, 0.717) is 41.6 Å². The number of hydrogen-bond donors (Lipinski definition) is 2. The maximum Gasteiger partial charge on any atom is 0.253 e. The van der Waals surface area contributed by atoms with Gasteiger partial charge in [0.05, 0.1) is 5.69 Å². The molecule has 4 aromatic rings. The SMILES string of the molecule is CO[C@@H](C(=O)NCCCNc1c(C#N)c(C(=O)c2ccc(C)cc2)nn1-c1ccc(Cl)cc1)c1ccccc1. The van der Waals surface area contributed by atoms with Gasteiger partial charge in [0.25, 0.3) is 5.91 Å². The van der Waals surface area contributed by atoms with E-state index in [-0.39, 0.29) is 22.9 Å². The lowest BCUT2D eigenvalue weighted by atomic mass is 10.0. The van der Waals surface area contributed by atoms with Gasteiger partial charge in [-0.1, -0.05) is 71.8 Å². The lowest BCUT2D eigenvalue weighted by Gasteiger charge is -2.16. The lowest BCUT2D eigenvalue weighted by molar-refractivity contribution is -0.131. The molecule has 0 aliphatic rings. The van der Waals surface area contributed by atoms with Gasteiger partial charge in [-0.2, -0.15) is 10.4 Å². The molecule has 0 saturated heterocycles. The van der Waals surface area contributed by atoms with E-state index in [1.807, 2.05) is 49.4 Å². The highest BCUT2D eigenvalue weighted by Gasteiger charge is 2.25. The molecular weight excluding hydrogens is 514 g/mol. The van der Waals surface area contributed by atoms with Gasteiger partial charge in [0, 0.05) is 30.8 Å². The van der Waals surface area contributed by atoms with Gasteiger partial charge in [0.2, 0.25) is 5.78 Å². The quantitative estimate of drug-likeness (QED) is 0.198. The second-order valence-corrected chi connectivity index (χ2v) is 9.30. The van der Waals surface area contributed by atoms with E-state index in [1.165, 1.54) is 11.8 Å². The third kappa shape index (κ3) is 6.52. The minimum atomic E-state index is -0.703. The number of nitrogens with zero attached hydrogens (tertiary/aromatic N) is 3. The van der Waals surface area contributed by atoms with Crippen LogP contribution in [0.4, 0.5) is 5.82 Å². The van der Waals surface area contributed by atoms with E-state index in [4.69, 9.17) is 16.3 Å². The fraction of sp³-hybridized carbons (Fsp3) is 0.200. The number of aromatic nitrogens is 2. The number of aryl methyl sites for hydroxylation is 1. The van der Waals surface area contributed by atoms with Crippen LogP contribution in [-0.2, 0) is 9.53 Å². The van der Waals surface area contributed by atoms with Gasteiger partial charge in [-0.05, 0) is 43.2 Å². The second kappa shape index (κ2) is 12.9. The van der Waals surface area contributed by atoms with Crippen molar-refractivity contribution in [2.45, 2.75) is 19.4 Å². The number of methoxy groups -OCH3 is 1. The summed E-state index contributed by atoms with van der Waals surface area (Å²) in [6.07, 6.45) is -0.152. The van der Waals surface area contributed by atoms with Crippen LogP contribution in [-0.4, -0.2) is 41.7 Å². The summed E-state index contributed by atoms with van der Waals surface area (Å²) in [6.45, 7) is 2.73. The van der Waals surface area contributed by atoms with Gasteiger partial charge in [-0.3, -0.25) is 9.59 Å². The second-order valence-electron chi connectivity index (χ2n) is 8.87. The zero-order valence-corrected chi connectivity index (χ0v) is 22.4. The average Bonchev–Trinajstić information content (AvgIpc) is 3.32. The molecule has 9 heteroatoms. The molecule has 0 aliphatic carbocycles. The number of nitriles is 1. The first-order valence-corrected chi connectivity index (χ1v) is 12.8. The first-order valence-electron chi connectivity index (χ1n) is 12.4. The number of carbonyl (C=O) groups excluding carboxylic acids is 2. The summed E-state index contributed by atoms with van der Waals surface area (Å²) in [5.41, 5.74) is 3.07. The Kier molecular flexibility index (Phi) is 9.10. The van der Waals surface area contributed by atoms with Crippen molar-refractivity contribution in [3.8, 4) is 11.8 Å². The number of halogens is 1. The van der Waals surface area contributed by atoms with Crippen LogP contribution in [0.15, 0.2) is 78.9 Å². The van der Waals surface area contributed by atoms with Gasteiger partial charge in [-0.15, -0.1) is 0 Å². The first-order chi connectivity index (χ1) is 18.9. The largest absolute Gasteiger partial charge is 0.369 e. The average molecular weight is 542 g/mol. The van der Waals surface area contributed by atoms with Gasteiger partial charge in [0.15, 0.2) is 11.8 Å². The fourth-order valence-corrected chi connectivity index (χ4v) is 4.20. The zero-order valence-electron chi connectivity index (χ0n) is 21.6. The lowest BCUT2D eigenvalue weighted by Crippen LogP contribution is -2.32. The van der Waals surface area contributed by atoms with Crippen LogP contribution in [0.2, 0.25) is 5.02 Å². The Morgan fingerprint density at radius 2 is 1.72 bits per heavy atom. The summed E-state index contributed by atoms with van der Waals surface area (Å²) >= 11 is 6.07. The summed E-state index contributed by atoms with van der Waals surface area (Å²) in [7, 11) is 1.50. The van der Waals surface area contributed by atoms with E-state index in [0.717, 1.165) is 11.1 Å². The standard InChI is InChI=1S/C30H28ClN5O3/c1-20-9-11-21(12-10-20)27(37)26-25(19-32)29(36(35-26)24-15-13-23(31)14-16-24)33-17-6-18-34-30(38)28(39-2)22-7-4-3-5-8-22/h3-5,7-16,28,33H,6,17-18H2,1-2H3,(H,34,38)/t28-/m1/s1. The molecule has 4 rings (SSSR count). The van der Waals surface area contributed by atoms with Crippen molar-refractivity contribution in [1.29, 1.82) is 5.26 Å². The molecule has 0 saturated carbocycles. The maximum atomic E-state index is 13.3. The topological polar surface area (TPSA) is 109 Å². The maximum absolute atomic E-state index is 13.3. The van der Waals surface area contributed by atoms with Crippen molar-refractivity contribution in [3.05, 3.63) is 112 Å². The molecule has 0 aliphatic heterocycles. The van der Waals surface area contributed by atoms with E-state index in [2.05, 4.69) is 21.8 Å². The summed E-state index contributed by atoms with van der Waals surface area (Å²) in [5, 5.41) is 21.2. The van der Waals surface area contributed by atoms with E-state index in [9.17, 15) is 14.9 Å². The molecule has 1 amide bonds. The van der Waals surface area contributed by atoms with Crippen molar-refractivity contribution < 1.29 is 14.3 Å². The van der Waals surface area contributed by atoms with Crippen LogP contribution in [0.25, 0.3) is 5.69 Å². The highest BCUT2D eigenvalue weighted by molar-refractivity contribution is 6.30. The highest BCUT2D eigenvalue weighted by Crippen LogP contribution is 2.26. The van der Waals surface area contributed by atoms with Gasteiger partial charge in [-0.25, -0.2) is 4.68 Å². The van der Waals surface area contributed by atoms with Crippen LogP contribution in [0.5, 0.6) is 0 Å². The summed E-state index contributed by atoms with van der Waals surface area (Å²) in [4.78, 5) is 26.0. The Balaban J connectivity index is 1.51. The molecule has 39 heavy (non-hydrogen) atoms. The van der Waals surface area contributed by atoms with E-state index < -0.39 is 6.10 Å². The number of rotatable bonds is 11. The van der Waals surface area contributed by atoms with Crippen molar-refractivity contribution in [3.63, 3.8) is 0 Å². The van der Waals surface area contributed by atoms with Gasteiger partial charge in [0.1, 0.15) is 17.5 Å². The monoisotopic (exact) mass is 541 g/mol. The summed E-state index contributed by atoms with van der Waals surface area (Å²) in [6, 6.07) is 25.5. The summed E-state index contributed by atoms with van der Waals surface area (Å²) in [5.74, 6) is -0.194. The predicted molar refractivity (Wildman–Crippen MR) is 150 cm³/mol. The Hall–Kier alpha value is -4.45. The van der Waals surface area contributed by atoms with Crippen LogP contribution < -0.4 is 10.6 Å². The molecule has 0 unspecified atom stereocenters. The van der Waals surface area contributed by atoms with E-state index in [1.54, 1.807) is 36.4 Å². The Labute approximate surface area is 232 Å². The zero-order chi connectivity index (χ0) is 27.8. The van der Waals surface area contributed by atoms with Crippen LogP contribution in [0, 0.1) is 18.3 Å². The van der Waals surface area contributed by atoms with Crippen molar-refractivity contribution in [2.75, 3.05) is 25.5 Å². The number of nitrogens with one attached hydrogen (secondary N) is 2. The molecule has 1 aromatic heterocycles. The number of amides is 1. The Morgan fingerprint density at radius 3 is 2.36 bits per heavy atom.